The first-order chi connectivity index (χ1) is 11.4. The van der Waals surface area contributed by atoms with Gasteiger partial charge in [-0.25, -0.2) is 0 Å². The van der Waals surface area contributed by atoms with Gasteiger partial charge in [-0.15, -0.1) is 0 Å². The summed E-state index contributed by atoms with van der Waals surface area (Å²) in [4.78, 5) is 12.3. The number of nitrogens with zero attached hydrogens (tertiary/aromatic N) is 1. The molecule has 1 aliphatic heterocycles. The number of unbranched alkanes of at least 4 members (excludes halogenated alkanes) is 2. The Morgan fingerprint density at radius 2 is 1.54 bits per heavy atom. The second-order valence-corrected chi connectivity index (χ2v) is 6.80. The van der Waals surface area contributed by atoms with E-state index in [1.54, 1.807) is 7.11 Å². The van der Waals surface area contributed by atoms with Crippen molar-refractivity contribution in [2.75, 3.05) is 20.2 Å². The third kappa shape index (κ3) is 16.3. The van der Waals surface area contributed by atoms with Crippen molar-refractivity contribution in [3.63, 3.8) is 0 Å². The molecule has 0 aromatic carbocycles. The van der Waals surface area contributed by atoms with Gasteiger partial charge in [-0.05, 0) is 32.6 Å². The minimum Gasteiger partial charge on any atom is -0.379 e. The van der Waals surface area contributed by atoms with E-state index in [4.69, 9.17) is 4.74 Å². The van der Waals surface area contributed by atoms with Gasteiger partial charge in [0.1, 0.15) is 0 Å². The van der Waals surface area contributed by atoms with Gasteiger partial charge in [-0.1, -0.05) is 73.6 Å². The quantitative estimate of drug-likeness (QED) is 0.408. The molecule has 1 amide bonds. The maximum Gasteiger partial charge on any atom is 0.209 e. The number of amides is 1. The molecular weight excluding hydrogens is 298 g/mol. The molecule has 1 fully saturated rings. The summed E-state index contributed by atoms with van der Waals surface area (Å²) in [5.41, 5.74) is 0.0417. The van der Waals surface area contributed by atoms with Crippen LogP contribution in [0.1, 0.15) is 94.4 Å². The number of hydrogen-bond donors (Lipinski definition) is 0. The van der Waals surface area contributed by atoms with Gasteiger partial charge in [-0.2, -0.15) is 0 Å². The summed E-state index contributed by atoms with van der Waals surface area (Å²) in [5, 5.41) is 0. The van der Waals surface area contributed by atoms with Crippen molar-refractivity contribution < 1.29 is 9.53 Å². The van der Waals surface area contributed by atoms with E-state index >= 15 is 0 Å². The summed E-state index contributed by atoms with van der Waals surface area (Å²) in [7, 11) is 1.71. The van der Waals surface area contributed by atoms with Crippen LogP contribution in [0.2, 0.25) is 0 Å². The van der Waals surface area contributed by atoms with Gasteiger partial charge in [0.15, 0.2) is 0 Å². The van der Waals surface area contributed by atoms with Crippen molar-refractivity contribution in [3.8, 4) is 0 Å². The second kappa shape index (κ2) is 18.8. The molecule has 148 valence electrons. The monoisotopic (exact) mass is 345 g/mol. The van der Waals surface area contributed by atoms with Crippen LogP contribution in [-0.2, 0) is 9.53 Å². The van der Waals surface area contributed by atoms with Crippen LogP contribution >= 0.6 is 0 Å². The first-order valence-corrected chi connectivity index (χ1v) is 10.1. The molecule has 0 bridgehead atoms. The van der Waals surface area contributed by atoms with Gasteiger partial charge in [0.2, 0.25) is 6.41 Å². The SMILES string of the molecule is CC.CC.CCCCCC(CC)C1CN(C=O)C1.COC(C)(C)C. The van der Waals surface area contributed by atoms with Gasteiger partial charge >= 0.3 is 0 Å². The molecule has 1 atom stereocenters. The Morgan fingerprint density at radius 1 is 1.08 bits per heavy atom. The zero-order valence-corrected chi connectivity index (χ0v) is 18.4. The molecule has 1 heterocycles. The van der Waals surface area contributed by atoms with E-state index in [9.17, 15) is 4.79 Å². The van der Waals surface area contributed by atoms with Crippen molar-refractivity contribution in [3.05, 3.63) is 0 Å². The highest BCUT2D eigenvalue weighted by atomic mass is 16.5. The van der Waals surface area contributed by atoms with Crippen LogP contribution in [0.15, 0.2) is 0 Å². The van der Waals surface area contributed by atoms with E-state index in [1.165, 1.54) is 32.1 Å². The lowest BCUT2D eigenvalue weighted by molar-refractivity contribution is -0.125. The first kappa shape index (κ1) is 28.2. The standard InChI is InChI=1S/C12H23NO.C5H12O.2C2H6/c1-3-5-6-7-11(4-2)12-8-13(9-12)10-14;1-5(2,3)6-4;2*1-2/h10-12H,3-9H2,1-2H3;1-4H3;2*1-2H3. The molecule has 0 aromatic rings. The zero-order valence-electron chi connectivity index (χ0n) is 18.4. The lowest BCUT2D eigenvalue weighted by atomic mass is 9.81. The number of likely N-dealkylation sites (tertiary alicyclic amines) is 1. The molecule has 3 nitrogen and oxygen atoms in total. The summed E-state index contributed by atoms with van der Waals surface area (Å²) in [6.45, 7) is 20.6. The van der Waals surface area contributed by atoms with Crippen LogP contribution in [0.25, 0.3) is 0 Å². The molecule has 1 unspecified atom stereocenters. The smallest absolute Gasteiger partial charge is 0.209 e. The number of carbonyl (C=O) groups excluding carboxylic acids is 1. The van der Waals surface area contributed by atoms with Crippen LogP contribution < -0.4 is 0 Å². The Balaban J connectivity index is -0.000000371. The van der Waals surface area contributed by atoms with E-state index in [1.807, 2.05) is 53.4 Å². The minimum absolute atomic E-state index is 0.0417. The fourth-order valence-corrected chi connectivity index (χ4v) is 2.36. The summed E-state index contributed by atoms with van der Waals surface area (Å²) in [6, 6.07) is 0. The normalized spacial score (nSPS) is 14.7. The van der Waals surface area contributed by atoms with E-state index < -0.39 is 0 Å². The fourth-order valence-electron chi connectivity index (χ4n) is 2.36. The Kier molecular flexibility index (Phi) is 22.1. The van der Waals surface area contributed by atoms with Crippen molar-refractivity contribution in [2.24, 2.45) is 11.8 Å². The van der Waals surface area contributed by atoms with Gasteiger partial charge in [0.25, 0.3) is 0 Å². The van der Waals surface area contributed by atoms with Crippen LogP contribution in [-0.4, -0.2) is 37.1 Å². The molecule has 0 N–H and O–H groups in total. The average molecular weight is 346 g/mol. The molecular formula is C21H47NO2. The van der Waals surface area contributed by atoms with Gasteiger partial charge < -0.3 is 9.64 Å². The summed E-state index contributed by atoms with van der Waals surface area (Å²) in [6.07, 6.45) is 7.66. The van der Waals surface area contributed by atoms with Crippen molar-refractivity contribution in [1.82, 2.24) is 4.90 Å². The third-order valence-electron chi connectivity index (χ3n) is 4.07. The lowest BCUT2D eigenvalue weighted by Gasteiger charge is -2.41. The van der Waals surface area contributed by atoms with Crippen LogP contribution in [0, 0.1) is 11.8 Å². The van der Waals surface area contributed by atoms with Crippen LogP contribution in [0.3, 0.4) is 0 Å². The molecule has 0 aliphatic carbocycles. The highest BCUT2D eigenvalue weighted by molar-refractivity contribution is 5.48. The number of methoxy groups -OCH3 is 1. The number of ether oxygens (including phenoxy) is 1. The molecule has 0 spiro atoms. The van der Waals surface area contributed by atoms with Crippen LogP contribution in [0.5, 0.6) is 0 Å². The molecule has 3 heteroatoms. The highest BCUT2D eigenvalue weighted by Gasteiger charge is 2.30. The predicted molar refractivity (Wildman–Crippen MR) is 109 cm³/mol. The second-order valence-electron chi connectivity index (χ2n) is 6.80. The fraction of sp³-hybridized carbons (Fsp3) is 0.952. The number of rotatable bonds is 7. The number of hydrogen-bond acceptors (Lipinski definition) is 2. The van der Waals surface area contributed by atoms with E-state index in [0.29, 0.717) is 0 Å². The Hall–Kier alpha value is -0.570. The van der Waals surface area contributed by atoms with Crippen molar-refractivity contribution >= 4 is 6.41 Å². The molecule has 24 heavy (non-hydrogen) atoms. The van der Waals surface area contributed by atoms with Gasteiger partial charge in [0, 0.05) is 20.2 Å². The van der Waals surface area contributed by atoms with Gasteiger partial charge in [0.05, 0.1) is 5.60 Å². The topological polar surface area (TPSA) is 29.5 Å². The molecule has 1 rings (SSSR count). The molecule has 0 radical (unpaired) electrons. The zero-order chi connectivity index (χ0) is 19.6. The average Bonchev–Trinajstić information content (AvgIpc) is 2.56. The van der Waals surface area contributed by atoms with E-state index in [0.717, 1.165) is 31.3 Å². The minimum atomic E-state index is 0.0417. The Bertz CT molecular complexity index is 243. The maximum absolute atomic E-state index is 10.4. The third-order valence-corrected chi connectivity index (χ3v) is 4.07. The molecule has 1 saturated heterocycles. The summed E-state index contributed by atoms with van der Waals surface area (Å²) >= 11 is 0. The molecule has 1 aliphatic rings. The van der Waals surface area contributed by atoms with Gasteiger partial charge in [-0.3, -0.25) is 4.79 Å². The maximum atomic E-state index is 10.4. The number of carbonyl (C=O) groups is 1. The summed E-state index contributed by atoms with van der Waals surface area (Å²) < 4.78 is 4.94. The predicted octanol–water partition coefficient (Wildman–Crippen LogP) is 6.16. The highest BCUT2D eigenvalue weighted by Crippen LogP contribution is 2.29. The molecule has 0 saturated carbocycles. The molecule has 0 aromatic heterocycles. The first-order valence-electron chi connectivity index (χ1n) is 10.1. The van der Waals surface area contributed by atoms with Crippen molar-refractivity contribution in [2.45, 2.75) is 100 Å². The Labute approximate surface area is 153 Å². The Morgan fingerprint density at radius 3 is 1.83 bits per heavy atom. The van der Waals surface area contributed by atoms with E-state index in [-0.39, 0.29) is 5.60 Å². The largest absolute Gasteiger partial charge is 0.379 e. The summed E-state index contributed by atoms with van der Waals surface area (Å²) in [5.74, 6) is 1.65. The van der Waals surface area contributed by atoms with Crippen molar-refractivity contribution in [1.29, 1.82) is 0 Å². The van der Waals surface area contributed by atoms with Crippen LogP contribution in [0.4, 0.5) is 0 Å². The van der Waals surface area contributed by atoms with E-state index in [2.05, 4.69) is 13.8 Å². The lowest BCUT2D eigenvalue weighted by Crippen LogP contribution is -2.48.